The highest BCUT2D eigenvalue weighted by molar-refractivity contribution is 7.13. The smallest absolute Gasteiger partial charge is 0.228 e. The Morgan fingerprint density at radius 3 is 2.52 bits per heavy atom. The highest BCUT2D eigenvalue weighted by atomic mass is 32.1. The van der Waals surface area contributed by atoms with Crippen molar-refractivity contribution in [3.8, 4) is 16.5 Å². The first kappa shape index (κ1) is 15.8. The lowest BCUT2D eigenvalue weighted by Crippen LogP contribution is -2.47. The number of ether oxygens (including phenoxy) is 1. The van der Waals surface area contributed by atoms with Gasteiger partial charge in [0.25, 0.3) is 0 Å². The summed E-state index contributed by atoms with van der Waals surface area (Å²) < 4.78 is 5.17. The fourth-order valence-corrected chi connectivity index (χ4v) is 3.47. The van der Waals surface area contributed by atoms with Crippen molar-refractivity contribution >= 4 is 23.1 Å². The molecule has 3 aromatic rings. The summed E-state index contributed by atoms with van der Waals surface area (Å²) in [6.45, 7) is 3.38. The molecule has 0 saturated carbocycles. The quantitative estimate of drug-likeness (QED) is 0.712. The monoisotopic (exact) mass is 354 g/mol. The Kier molecular flexibility index (Phi) is 4.43. The third-order valence-corrected chi connectivity index (χ3v) is 5.03. The van der Waals surface area contributed by atoms with Crippen LogP contribution in [-0.4, -0.2) is 53.5 Å². The van der Waals surface area contributed by atoms with Gasteiger partial charge < -0.3 is 14.5 Å². The van der Waals surface area contributed by atoms with Crippen LogP contribution in [0.15, 0.2) is 41.9 Å². The third-order valence-electron chi connectivity index (χ3n) is 4.14. The SMILES string of the molecule is COc1ccnc(N2CCN(c3ccc(-c4cccs4)nn3)CC2)n1. The molecule has 128 valence electrons. The molecular formula is C17H18N6OS. The second-order valence-electron chi connectivity index (χ2n) is 5.63. The van der Waals surface area contributed by atoms with Crippen molar-refractivity contribution in [1.29, 1.82) is 0 Å². The summed E-state index contributed by atoms with van der Waals surface area (Å²) in [5.74, 6) is 2.20. The van der Waals surface area contributed by atoms with Crippen LogP contribution in [0.3, 0.4) is 0 Å². The highest BCUT2D eigenvalue weighted by Crippen LogP contribution is 2.24. The second-order valence-corrected chi connectivity index (χ2v) is 6.57. The summed E-state index contributed by atoms with van der Waals surface area (Å²) in [5, 5.41) is 10.8. The number of hydrogen-bond acceptors (Lipinski definition) is 8. The number of methoxy groups -OCH3 is 1. The van der Waals surface area contributed by atoms with E-state index in [2.05, 4.69) is 36.0 Å². The van der Waals surface area contributed by atoms with E-state index in [4.69, 9.17) is 4.74 Å². The van der Waals surface area contributed by atoms with Gasteiger partial charge in [-0.25, -0.2) is 4.98 Å². The normalized spacial score (nSPS) is 14.6. The summed E-state index contributed by atoms with van der Waals surface area (Å²) in [7, 11) is 1.61. The number of aromatic nitrogens is 4. The Hall–Kier alpha value is -2.74. The van der Waals surface area contributed by atoms with E-state index in [1.807, 2.05) is 23.6 Å². The van der Waals surface area contributed by atoms with Crippen molar-refractivity contribution in [3.05, 3.63) is 41.9 Å². The van der Waals surface area contributed by atoms with Crippen molar-refractivity contribution in [2.45, 2.75) is 0 Å². The maximum atomic E-state index is 5.17. The van der Waals surface area contributed by atoms with Crippen LogP contribution in [0.25, 0.3) is 10.6 Å². The molecule has 3 aromatic heterocycles. The Labute approximate surface area is 149 Å². The van der Waals surface area contributed by atoms with E-state index in [-0.39, 0.29) is 0 Å². The molecule has 1 aliphatic rings. The molecule has 25 heavy (non-hydrogen) atoms. The van der Waals surface area contributed by atoms with Gasteiger partial charge in [0, 0.05) is 38.4 Å². The molecule has 0 aromatic carbocycles. The summed E-state index contributed by atoms with van der Waals surface area (Å²) in [4.78, 5) is 14.3. The number of rotatable bonds is 4. The standard InChI is InChI=1S/C17H18N6OS/c1-24-16-6-7-18-17(19-16)23-10-8-22(9-11-23)15-5-4-13(20-21-15)14-3-2-12-25-14/h2-7,12H,8-11H2,1H3. The molecule has 0 bridgehead atoms. The fourth-order valence-electron chi connectivity index (χ4n) is 2.78. The zero-order valence-corrected chi connectivity index (χ0v) is 14.7. The molecule has 0 N–H and O–H groups in total. The van der Waals surface area contributed by atoms with Gasteiger partial charge in [-0.3, -0.25) is 0 Å². The van der Waals surface area contributed by atoms with Crippen LogP contribution in [0.4, 0.5) is 11.8 Å². The molecule has 8 heteroatoms. The van der Waals surface area contributed by atoms with Crippen LogP contribution in [0.1, 0.15) is 0 Å². The number of hydrogen-bond donors (Lipinski definition) is 0. The van der Waals surface area contributed by atoms with E-state index in [1.54, 1.807) is 30.7 Å². The Morgan fingerprint density at radius 1 is 1.00 bits per heavy atom. The van der Waals surface area contributed by atoms with Crippen molar-refractivity contribution in [2.24, 2.45) is 0 Å². The average Bonchev–Trinajstić information content (AvgIpc) is 3.23. The minimum Gasteiger partial charge on any atom is -0.481 e. The topological polar surface area (TPSA) is 67.3 Å². The summed E-state index contributed by atoms with van der Waals surface area (Å²) in [5.41, 5.74) is 0.919. The molecule has 4 heterocycles. The van der Waals surface area contributed by atoms with E-state index in [9.17, 15) is 0 Å². The van der Waals surface area contributed by atoms with Crippen molar-refractivity contribution in [2.75, 3.05) is 43.1 Å². The number of thiophene rings is 1. The van der Waals surface area contributed by atoms with Gasteiger partial charge in [-0.1, -0.05) is 6.07 Å². The maximum absolute atomic E-state index is 5.17. The first-order chi connectivity index (χ1) is 12.3. The van der Waals surface area contributed by atoms with E-state index in [0.29, 0.717) is 11.8 Å². The van der Waals surface area contributed by atoms with Crippen molar-refractivity contribution in [1.82, 2.24) is 20.2 Å². The summed E-state index contributed by atoms with van der Waals surface area (Å²) >= 11 is 1.67. The Balaban J connectivity index is 1.41. The van der Waals surface area contributed by atoms with Gasteiger partial charge in [0.05, 0.1) is 12.0 Å². The van der Waals surface area contributed by atoms with E-state index in [0.717, 1.165) is 42.6 Å². The van der Waals surface area contributed by atoms with Crippen LogP contribution in [0.5, 0.6) is 5.88 Å². The molecule has 1 fully saturated rings. The van der Waals surface area contributed by atoms with Gasteiger partial charge in [0.15, 0.2) is 5.82 Å². The zero-order valence-electron chi connectivity index (χ0n) is 13.9. The van der Waals surface area contributed by atoms with Gasteiger partial charge in [0.1, 0.15) is 5.69 Å². The summed E-state index contributed by atoms with van der Waals surface area (Å²) in [6.07, 6.45) is 1.72. The largest absolute Gasteiger partial charge is 0.481 e. The van der Waals surface area contributed by atoms with Crippen LogP contribution >= 0.6 is 11.3 Å². The highest BCUT2D eigenvalue weighted by Gasteiger charge is 2.20. The van der Waals surface area contributed by atoms with Gasteiger partial charge in [0.2, 0.25) is 11.8 Å². The van der Waals surface area contributed by atoms with Crippen molar-refractivity contribution < 1.29 is 4.74 Å². The first-order valence-electron chi connectivity index (χ1n) is 8.08. The predicted molar refractivity (Wildman–Crippen MR) is 98.4 cm³/mol. The average molecular weight is 354 g/mol. The van der Waals surface area contributed by atoms with E-state index >= 15 is 0 Å². The van der Waals surface area contributed by atoms with Crippen LogP contribution in [0.2, 0.25) is 0 Å². The second kappa shape index (κ2) is 7.02. The van der Waals surface area contributed by atoms with Gasteiger partial charge in [-0.05, 0) is 23.6 Å². The maximum Gasteiger partial charge on any atom is 0.228 e. The predicted octanol–water partition coefficient (Wildman–Crippen LogP) is 2.33. The lowest BCUT2D eigenvalue weighted by atomic mass is 10.3. The molecule has 0 atom stereocenters. The molecule has 0 radical (unpaired) electrons. The molecular weight excluding hydrogens is 336 g/mol. The van der Waals surface area contributed by atoms with Crippen molar-refractivity contribution in [3.63, 3.8) is 0 Å². The third kappa shape index (κ3) is 3.39. The Bertz CT molecular complexity index is 815. The van der Waals surface area contributed by atoms with Crippen LogP contribution < -0.4 is 14.5 Å². The molecule has 1 saturated heterocycles. The minimum absolute atomic E-state index is 0.586. The Morgan fingerprint density at radius 2 is 1.84 bits per heavy atom. The molecule has 0 aliphatic carbocycles. The molecule has 0 amide bonds. The molecule has 1 aliphatic heterocycles. The lowest BCUT2D eigenvalue weighted by molar-refractivity contribution is 0.396. The first-order valence-corrected chi connectivity index (χ1v) is 8.96. The molecule has 4 rings (SSSR count). The van der Waals surface area contributed by atoms with Gasteiger partial charge in [-0.15, -0.1) is 21.5 Å². The van der Waals surface area contributed by atoms with Gasteiger partial charge in [-0.2, -0.15) is 4.98 Å². The van der Waals surface area contributed by atoms with E-state index < -0.39 is 0 Å². The number of piperazine rings is 1. The van der Waals surface area contributed by atoms with Crippen LogP contribution in [-0.2, 0) is 0 Å². The molecule has 0 unspecified atom stereocenters. The fraction of sp³-hybridized carbons (Fsp3) is 0.294. The zero-order chi connectivity index (χ0) is 17.1. The van der Waals surface area contributed by atoms with Crippen LogP contribution in [0, 0.1) is 0 Å². The molecule has 0 spiro atoms. The minimum atomic E-state index is 0.586. The summed E-state index contributed by atoms with van der Waals surface area (Å²) in [6, 6.07) is 9.91. The van der Waals surface area contributed by atoms with E-state index in [1.165, 1.54) is 0 Å². The lowest BCUT2D eigenvalue weighted by Gasteiger charge is -2.35. The van der Waals surface area contributed by atoms with Gasteiger partial charge >= 0.3 is 0 Å². The number of nitrogens with zero attached hydrogens (tertiary/aromatic N) is 6. The number of anilines is 2. The molecule has 7 nitrogen and oxygen atoms in total.